The lowest BCUT2D eigenvalue weighted by Crippen LogP contribution is -2.39. The second-order valence-corrected chi connectivity index (χ2v) is 8.17. The molecule has 0 spiro atoms. The van der Waals surface area contributed by atoms with Gasteiger partial charge in [-0.25, -0.2) is 13.6 Å². The van der Waals surface area contributed by atoms with Gasteiger partial charge in [-0.1, -0.05) is 29.8 Å². The van der Waals surface area contributed by atoms with Gasteiger partial charge in [0.05, 0.1) is 36.4 Å². The number of nitrogens with one attached hydrogen (secondary N) is 1. The second kappa shape index (κ2) is 7.81. The number of allylic oxidation sites excluding steroid dienone is 1. The lowest BCUT2D eigenvalue weighted by Gasteiger charge is -2.29. The molecule has 1 aliphatic carbocycles. The smallest absolute Gasteiger partial charge is 0.235 e. The zero-order valence-electron chi connectivity index (χ0n) is 14.2. The first kappa shape index (κ1) is 19.6. The van der Waals surface area contributed by atoms with E-state index < -0.39 is 22.0 Å². The number of carbonyl (C=O) groups is 1. The number of rotatable bonds is 6. The van der Waals surface area contributed by atoms with Crippen molar-refractivity contribution in [1.29, 1.82) is 0 Å². The Kier molecular flexibility index (Phi) is 5.66. The first-order valence-electron chi connectivity index (χ1n) is 8.20. The number of carbonyl (C=O) groups excluding carboxylic acids is 1. The summed E-state index contributed by atoms with van der Waals surface area (Å²) in [4.78, 5) is 12.3. The predicted octanol–water partition coefficient (Wildman–Crippen LogP) is 0.347. The molecule has 1 amide bonds. The van der Waals surface area contributed by atoms with Crippen LogP contribution in [-0.4, -0.2) is 49.8 Å². The Hall–Kier alpha value is -2.20. The summed E-state index contributed by atoms with van der Waals surface area (Å²) in [6.07, 6.45) is 4.57. The monoisotopic (exact) mass is 410 g/mol. The van der Waals surface area contributed by atoms with Crippen molar-refractivity contribution in [3.8, 4) is 0 Å². The SMILES string of the molecule is NS(=O)(=O)C1=CC(NC(=O)Cc2ccccc2Cl)=CC2C1C=NN2CCO. The summed E-state index contributed by atoms with van der Waals surface area (Å²) in [7, 11) is -3.99. The van der Waals surface area contributed by atoms with Gasteiger partial charge in [-0.15, -0.1) is 0 Å². The van der Waals surface area contributed by atoms with E-state index in [0.717, 1.165) is 0 Å². The number of hydrazone groups is 1. The summed E-state index contributed by atoms with van der Waals surface area (Å²) >= 11 is 6.07. The van der Waals surface area contributed by atoms with E-state index in [2.05, 4.69) is 10.4 Å². The topological polar surface area (TPSA) is 125 Å². The van der Waals surface area contributed by atoms with Gasteiger partial charge in [-0.3, -0.25) is 9.80 Å². The van der Waals surface area contributed by atoms with E-state index in [1.165, 1.54) is 12.3 Å². The Bertz CT molecular complexity index is 942. The van der Waals surface area contributed by atoms with Crippen molar-refractivity contribution in [2.24, 2.45) is 16.2 Å². The molecule has 0 saturated heterocycles. The maximum absolute atomic E-state index is 12.4. The van der Waals surface area contributed by atoms with Gasteiger partial charge in [0.1, 0.15) is 0 Å². The number of aliphatic hydroxyl groups excluding tert-OH is 1. The fourth-order valence-electron chi connectivity index (χ4n) is 3.10. The average molecular weight is 411 g/mol. The van der Waals surface area contributed by atoms with Crippen LogP contribution in [0.15, 0.2) is 52.1 Å². The highest BCUT2D eigenvalue weighted by Gasteiger charge is 2.38. The molecule has 0 aromatic heterocycles. The quantitative estimate of drug-likeness (QED) is 0.623. The largest absolute Gasteiger partial charge is 0.394 e. The van der Waals surface area contributed by atoms with Gasteiger partial charge < -0.3 is 10.4 Å². The maximum atomic E-state index is 12.4. The molecule has 144 valence electrons. The van der Waals surface area contributed by atoms with Gasteiger partial charge >= 0.3 is 0 Å². The molecule has 0 saturated carbocycles. The highest BCUT2D eigenvalue weighted by molar-refractivity contribution is 7.93. The number of nitrogens with zero attached hydrogens (tertiary/aromatic N) is 2. The molecule has 2 aliphatic rings. The van der Waals surface area contributed by atoms with E-state index in [0.29, 0.717) is 16.3 Å². The number of hydrogen-bond acceptors (Lipinski definition) is 6. The van der Waals surface area contributed by atoms with Gasteiger partial charge in [0, 0.05) is 16.9 Å². The summed E-state index contributed by atoms with van der Waals surface area (Å²) in [5.74, 6) is -0.902. The molecule has 1 aromatic rings. The minimum Gasteiger partial charge on any atom is -0.394 e. The molecule has 2 unspecified atom stereocenters. The van der Waals surface area contributed by atoms with Crippen molar-refractivity contribution in [2.75, 3.05) is 13.2 Å². The highest BCUT2D eigenvalue weighted by atomic mass is 35.5. The third kappa shape index (κ3) is 4.38. The number of β-amino-alcohol motifs (C(OH)–C–C–N with tert-alkyl or cyclic N) is 1. The van der Waals surface area contributed by atoms with Gasteiger partial charge in [0.15, 0.2) is 0 Å². The molecule has 1 aliphatic heterocycles. The fraction of sp³-hybridized carbons (Fsp3) is 0.294. The third-order valence-electron chi connectivity index (χ3n) is 4.31. The number of aliphatic hydroxyl groups is 1. The molecule has 1 heterocycles. The van der Waals surface area contributed by atoms with Crippen LogP contribution in [0.2, 0.25) is 5.02 Å². The number of fused-ring (bicyclic) bond motifs is 1. The maximum Gasteiger partial charge on any atom is 0.235 e. The van der Waals surface area contributed by atoms with Crippen LogP contribution in [0.5, 0.6) is 0 Å². The van der Waals surface area contributed by atoms with Crippen LogP contribution in [0.4, 0.5) is 0 Å². The summed E-state index contributed by atoms with van der Waals surface area (Å²) < 4.78 is 24.0. The second-order valence-electron chi connectivity index (χ2n) is 6.20. The van der Waals surface area contributed by atoms with E-state index in [4.69, 9.17) is 21.8 Å². The summed E-state index contributed by atoms with van der Waals surface area (Å²) in [5, 5.41) is 23.4. The van der Waals surface area contributed by atoms with Crippen molar-refractivity contribution in [2.45, 2.75) is 12.5 Å². The van der Waals surface area contributed by atoms with E-state index >= 15 is 0 Å². The zero-order valence-corrected chi connectivity index (χ0v) is 15.8. The minimum atomic E-state index is -3.99. The average Bonchev–Trinajstić information content (AvgIpc) is 2.99. The molecule has 0 radical (unpaired) electrons. The Morgan fingerprint density at radius 1 is 1.37 bits per heavy atom. The molecule has 0 fully saturated rings. The standard InChI is InChI=1S/C17H19ClN4O4S/c18-14-4-2-1-3-11(14)7-17(24)21-12-8-15-13(10-20-22(15)5-6-23)16(9-12)27(19,25)26/h1-4,8-10,13,15,23H,5-7H2,(H,21,24)(H2,19,25,26). The van der Waals surface area contributed by atoms with E-state index in [1.54, 1.807) is 35.4 Å². The van der Waals surface area contributed by atoms with Gasteiger partial charge in [-0.05, 0) is 23.8 Å². The third-order valence-corrected chi connectivity index (χ3v) is 5.73. The van der Waals surface area contributed by atoms with Crippen LogP contribution in [-0.2, 0) is 21.2 Å². The minimum absolute atomic E-state index is 0.0350. The van der Waals surface area contributed by atoms with Crippen LogP contribution in [0.25, 0.3) is 0 Å². The van der Waals surface area contributed by atoms with Crippen molar-refractivity contribution in [3.05, 3.63) is 57.6 Å². The Balaban J connectivity index is 1.83. The summed E-state index contributed by atoms with van der Waals surface area (Å²) in [6, 6.07) is 6.53. The number of benzene rings is 1. The van der Waals surface area contributed by atoms with Crippen LogP contribution >= 0.6 is 11.6 Å². The lowest BCUT2D eigenvalue weighted by atomic mass is 9.95. The Labute approximate surface area is 162 Å². The van der Waals surface area contributed by atoms with Crippen LogP contribution < -0.4 is 10.5 Å². The Morgan fingerprint density at radius 2 is 2.11 bits per heavy atom. The first-order chi connectivity index (χ1) is 12.8. The van der Waals surface area contributed by atoms with E-state index in [1.807, 2.05) is 0 Å². The summed E-state index contributed by atoms with van der Waals surface area (Å²) in [6.45, 7) is 0.0872. The van der Waals surface area contributed by atoms with Gasteiger partial charge in [0.25, 0.3) is 0 Å². The molecule has 27 heavy (non-hydrogen) atoms. The van der Waals surface area contributed by atoms with Crippen molar-refractivity contribution >= 4 is 33.7 Å². The number of sulfonamides is 1. The number of hydrogen-bond donors (Lipinski definition) is 3. The zero-order chi connectivity index (χ0) is 19.6. The Morgan fingerprint density at radius 3 is 2.78 bits per heavy atom. The fourth-order valence-corrected chi connectivity index (χ4v) is 4.17. The lowest BCUT2D eigenvalue weighted by molar-refractivity contribution is -0.119. The van der Waals surface area contributed by atoms with Crippen molar-refractivity contribution < 1.29 is 18.3 Å². The summed E-state index contributed by atoms with van der Waals surface area (Å²) in [5.41, 5.74) is 0.971. The van der Waals surface area contributed by atoms with E-state index in [9.17, 15) is 13.2 Å². The highest BCUT2D eigenvalue weighted by Crippen LogP contribution is 2.32. The number of amides is 1. The molecule has 10 heteroatoms. The van der Waals surface area contributed by atoms with E-state index in [-0.39, 0.29) is 30.4 Å². The van der Waals surface area contributed by atoms with Crippen LogP contribution in [0.3, 0.4) is 0 Å². The number of primary sulfonamides is 1. The molecular weight excluding hydrogens is 392 g/mol. The predicted molar refractivity (Wildman–Crippen MR) is 102 cm³/mol. The normalized spacial score (nSPS) is 21.5. The first-order valence-corrected chi connectivity index (χ1v) is 10.1. The molecule has 2 atom stereocenters. The van der Waals surface area contributed by atoms with Gasteiger partial charge in [0.2, 0.25) is 15.9 Å². The van der Waals surface area contributed by atoms with Crippen LogP contribution in [0, 0.1) is 5.92 Å². The van der Waals surface area contributed by atoms with Crippen molar-refractivity contribution in [1.82, 2.24) is 10.3 Å². The van der Waals surface area contributed by atoms with Gasteiger partial charge in [-0.2, -0.15) is 5.10 Å². The number of nitrogens with two attached hydrogens (primary N) is 1. The molecule has 0 bridgehead atoms. The molecule has 3 rings (SSSR count). The molecule has 4 N–H and O–H groups in total. The molecule has 1 aromatic carbocycles. The molecular formula is C17H19ClN4O4S. The van der Waals surface area contributed by atoms with Crippen LogP contribution in [0.1, 0.15) is 5.56 Å². The van der Waals surface area contributed by atoms with Crippen molar-refractivity contribution in [3.63, 3.8) is 0 Å². The number of halogens is 1. The molecule has 8 nitrogen and oxygen atoms in total.